The highest BCUT2D eigenvalue weighted by Crippen LogP contribution is 2.40. The average Bonchev–Trinajstić information content (AvgIpc) is 3.31. The summed E-state index contributed by atoms with van der Waals surface area (Å²) in [4.78, 5) is 46.0. The van der Waals surface area contributed by atoms with Crippen LogP contribution < -0.4 is 5.56 Å². The summed E-state index contributed by atoms with van der Waals surface area (Å²) in [7, 11) is 0. The SMILES string of the molecule is O=C(Cn1ccccc1=O)N1CCC2(CC1)OC(C(=O)N1CCOCC1)Cn1ccnc12. The van der Waals surface area contributed by atoms with Crippen molar-refractivity contribution in [3.8, 4) is 0 Å². The van der Waals surface area contributed by atoms with Crippen molar-refractivity contribution in [2.24, 2.45) is 0 Å². The van der Waals surface area contributed by atoms with Crippen LogP contribution in [0.4, 0.5) is 0 Å². The Hall–Kier alpha value is -2.98. The van der Waals surface area contributed by atoms with Crippen molar-refractivity contribution in [2.75, 3.05) is 39.4 Å². The molecule has 170 valence electrons. The normalized spacial score (nSPS) is 22.6. The Balaban J connectivity index is 1.29. The Labute approximate surface area is 185 Å². The molecule has 2 aromatic rings. The zero-order valence-electron chi connectivity index (χ0n) is 17.9. The van der Waals surface area contributed by atoms with Crippen molar-refractivity contribution >= 4 is 11.8 Å². The lowest BCUT2D eigenvalue weighted by Gasteiger charge is -2.46. The first-order chi connectivity index (χ1) is 15.6. The second-order valence-electron chi connectivity index (χ2n) is 8.49. The van der Waals surface area contributed by atoms with Gasteiger partial charge in [0.15, 0.2) is 6.10 Å². The summed E-state index contributed by atoms with van der Waals surface area (Å²) >= 11 is 0. The molecule has 2 aromatic heterocycles. The number of aromatic nitrogens is 3. The molecule has 0 radical (unpaired) electrons. The Morgan fingerprint density at radius 2 is 1.84 bits per heavy atom. The van der Waals surface area contributed by atoms with Crippen molar-refractivity contribution in [1.29, 1.82) is 0 Å². The topological polar surface area (TPSA) is 98.9 Å². The lowest BCUT2D eigenvalue weighted by Crippen LogP contribution is -2.56. The quantitative estimate of drug-likeness (QED) is 0.655. The molecule has 0 N–H and O–H groups in total. The molecule has 2 amide bonds. The minimum Gasteiger partial charge on any atom is -0.378 e. The molecule has 5 heterocycles. The zero-order chi connectivity index (χ0) is 22.1. The van der Waals surface area contributed by atoms with Crippen LogP contribution in [-0.4, -0.2) is 81.2 Å². The van der Waals surface area contributed by atoms with Crippen LogP contribution in [0.3, 0.4) is 0 Å². The predicted molar refractivity (Wildman–Crippen MR) is 113 cm³/mol. The maximum atomic E-state index is 13.1. The fourth-order valence-corrected chi connectivity index (χ4v) is 4.81. The fraction of sp³-hybridized carbons (Fsp3) is 0.545. The van der Waals surface area contributed by atoms with Crippen molar-refractivity contribution in [2.45, 2.75) is 37.6 Å². The molecule has 5 rings (SSSR count). The van der Waals surface area contributed by atoms with Crippen LogP contribution in [0.1, 0.15) is 18.7 Å². The minimum absolute atomic E-state index is 0.0142. The third-order valence-corrected chi connectivity index (χ3v) is 6.58. The summed E-state index contributed by atoms with van der Waals surface area (Å²) < 4.78 is 15.3. The molecular formula is C22H27N5O5. The first-order valence-electron chi connectivity index (χ1n) is 11.0. The van der Waals surface area contributed by atoms with Crippen LogP contribution in [0, 0.1) is 0 Å². The van der Waals surface area contributed by atoms with Crippen molar-refractivity contribution in [3.63, 3.8) is 0 Å². The van der Waals surface area contributed by atoms with E-state index in [4.69, 9.17) is 9.47 Å². The van der Waals surface area contributed by atoms with E-state index in [0.29, 0.717) is 58.8 Å². The van der Waals surface area contributed by atoms with Crippen LogP contribution in [0.25, 0.3) is 0 Å². The highest BCUT2D eigenvalue weighted by molar-refractivity contribution is 5.81. The lowest BCUT2D eigenvalue weighted by molar-refractivity contribution is -0.185. The van der Waals surface area contributed by atoms with Crippen LogP contribution in [-0.2, 0) is 37.8 Å². The van der Waals surface area contributed by atoms with Gasteiger partial charge in [-0.3, -0.25) is 14.4 Å². The van der Waals surface area contributed by atoms with Gasteiger partial charge in [0.2, 0.25) is 5.91 Å². The standard InChI is InChI=1S/C22H27N5O5/c28-18-3-1-2-7-26(18)16-19(29)24-8-4-22(5-9-24)21-23-6-10-27(21)15-17(32-22)20(30)25-11-13-31-14-12-25/h1-3,6-7,10,17H,4-5,8-9,11-16H2. The number of hydrogen-bond acceptors (Lipinski definition) is 6. The van der Waals surface area contributed by atoms with E-state index in [1.807, 2.05) is 10.8 Å². The Morgan fingerprint density at radius 3 is 2.59 bits per heavy atom. The number of amides is 2. The second-order valence-corrected chi connectivity index (χ2v) is 8.49. The summed E-state index contributed by atoms with van der Waals surface area (Å²) in [5.41, 5.74) is -0.897. The molecule has 0 aromatic carbocycles. The Kier molecular flexibility index (Phi) is 5.56. The molecule has 1 unspecified atom stereocenters. The van der Waals surface area contributed by atoms with Crippen LogP contribution in [0.15, 0.2) is 41.6 Å². The van der Waals surface area contributed by atoms with E-state index < -0.39 is 11.7 Å². The number of rotatable bonds is 3. The summed E-state index contributed by atoms with van der Waals surface area (Å²) in [6.07, 6.45) is 5.76. The zero-order valence-corrected chi connectivity index (χ0v) is 17.9. The molecule has 10 nitrogen and oxygen atoms in total. The minimum atomic E-state index is -0.700. The van der Waals surface area contributed by atoms with Gasteiger partial charge in [-0.05, 0) is 6.07 Å². The molecule has 3 aliphatic rings. The number of morpholine rings is 1. The van der Waals surface area contributed by atoms with Gasteiger partial charge >= 0.3 is 0 Å². The van der Waals surface area contributed by atoms with Gasteiger partial charge in [-0.15, -0.1) is 0 Å². The maximum absolute atomic E-state index is 13.1. The van der Waals surface area contributed by atoms with Gasteiger partial charge in [0.25, 0.3) is 11.5 Å². The van der Waals surface area contributed by atoms with Crippen LogP contribution in [0.5, 0.6) is 0 Å². The van der Waals surface area contributed by atoms with Gasteiger partial charge in [-0.25, -0.2) is 4.98 Å². The number of nitrogens with zero attached hydrogens (tertiary/aromatic N) is 5. The third-order valence-electron chi connectivity index (χ3n) is 6.58. The molecule has 1 spiro atoms. The Morgan fingerprint density at radius 1 is 1.06 bits per heavy atom. The van der Waals surface area contributed by atoms with Crippen LogP contribution >= 0.6 is 0 Å². The molecule has 32 heavy (non-hydrogen) atoms. The number of hydrogen-bond donors (Lipinski definition) is 0. The Bertz CT molecular complexity index is 1050. The number of imidazole rings is 1. The predicted octanol–water partition coefficient (Wildman–Crippen LogP) is -0.180. The van der Waals surface area contributed by atoms with Gasteiger partial charge < -0.3 is 28.4 Å². The van der Waals surface area contributed by atoms with Crippen molar-refractivity contribution < 1.29 is 19.1 Å². The van der Waals surface area contributed by atoms with Crippen molar-refractivity contribution in [1.82, 2.24) is 23.9 Å². The van der Waals surface area contributed by atoms with E-state index in [1.54, 1.807) is 34.3 Å². The van der Waals surface area contributed by atoms with E-state index in [1.165, 1.54) is 10.6 Å². The van der Waals surface area contributed by atoms with Gasteiger partial charge in [0, 0.05) is 63.7 Å². The van der Waals surface area contributed by atoms with E-state index in [2.05, 4.69) is 4.98 Å². The highest BCUT2D eigenvalue weighted by atomic mass is 16.5. The molecule has 2 saturated heterocycles. The number of fused-ring (bicyclic) bond motifs is 2. The lowest BCUT2D eigenvalue weighted by atomic mass is 9.88. The molecule has 0 aliphatic carbocycles. The van der Waals surface area contributed by atoms with E-state index in [0.717, 1.165) is 5.82 Å². The van der Waals surface area contributed by atoms with Gasteiger partial charge in [-0.1, -0.05) is 6.07 Å². The molecule has 1 atom stereocenters. The van der Waals surface area contributed by atoms with E-state index >= 15 is 0 Å². The number of carbonyl (C=O) groups is 2. The summed E-state index contributed by atoms with van der Waals surface area (Å²) in [5, 5.41) is 0. The molecule has 10 heteroatoms. The van der Waals surface area contributed by atoms with E-state index in [-0.39, 0.29) is 23.9 Å². The maximum Gasteiger partial charge on any atom is 0.253 e. The number of pyridine rings is 1. The summed E-state index contributed by atoms with van der Waals surface area (Å²) in [5.74, 6) is 0.692. The molecule has 0 saturated carbocycles. The molecular weight excluding hydrogens is 414 g/mol. The largest absolute Gasteiger partial charge is 0.378 e. The molecule has 0 bridgehead atoms. The smallest absolute Gasteiger partial charge is 0.253 e. The monoisotopic (exact) mass is 441 g/mol. The average molecular weight is 441 g/mol. The summed E-state index contributed by atoms with van der Waals surface area (Å²) in [6, 6.07) is 4.84. The summed E-state index contributed by atoms with van der Waals surface area (Å²) in [6.45, 7) is 3.64. The van der Waals surface area contributed by atoms with Gasteiger partial charge in [0.05, 0.1) is 19.8 Å². The van der Waals surface area contributed by atoms with E-state index in [9.17, 15) is 14.4 Å². The third kappa shape index (κ3) is 3.84. The van der Waals surface area contributed by atoms with Gasteiger partial charge in [0.1, 0.15) is 18.0 Å². The number of likely N-dealkylation sites (tertiary alicyclic amines) is 1. The highest BCUT2D eigenvalue weighted by Gasteiger charge is 2.48. The number of carbonyl (C=O) groups excluding carboxylic acids is 2. The number of ether oxygens (including phenoxy) is 2. The van der Waals surface area contributed by atoms with Crippen molar-refractivity contribution in [3.05, 3.63) is 53.0 Å². The molecule has 3 aliphatic heterocycles. The van der Waals surface area contributed by atoms with Crippen LogP contribution in [0.2, 0.25) is 0 Å². The second kappa shape index (κ2) is 8.51. The first kappa shape index (κ1) is 20.9. The van der Waals surface area contributed by atoms with Gasteiger partial charge in [-0.2, -0.15) is 0 Å². The fourth-order valence-electron chi connectivity index (χ4n) is 4.81. The first-order valence-corrected chi connectivity index (χ1v) is 11.0. The number of piperidine rings is 1. The molecule has 2 fully saturated rings.